The highest BCUT2D eigenvalue weighted by atomic mass is 79.9. The van der Waals surface area contributed by atoms with E-state index in [2.05, 4.69) is 51.5 Å². The third kappa shape index (κ3) is 2.98. The number of benzene rings is 1. The van der Waals surface area contributed by atoms with Crippen molar-refractivity contribution in [1.82, 2.24) is 9.55 Å². The Morgan fingerprint density at radius 1 is 1.37 bits per heavy atom. The van der Waals surface area contributed by atoms with E-state index in [0.717, 1.165) is 28.7 Å². The quantitative estimate of drug-likeness (QED) is 0.787. The average molecular weight is 320 g/mol. The summed E-state index contributed by atoms with van der Waals surface area (Å²) in [6.07, 6.45) is 0.363. The molecule has 0 aliphatic carbocycles. The Labute approximate surface area is 122 Å². The van der Waals surface area contributed by atoms with Crippen molar-refractivity contribution >= 4 is 27.0 Å². The number of nitrogens with zero attached hydrogens (tertiary/aromatic N) is 3. The summed E-state index contributed by atoms with van der Waals surface area (Å²) in [4.78, 5) is 4.57. The first-order chi connectivity index (χ1) is 9.17. The SMILES string of the molecule is CC(C)C(CBr)Cn1c(CC#N)nc2ccccc21. The van der Waals surface area contributed by atoms with Gasteiger partial charge < -0.3 is 4.57 Å². The highest BCUT2D eigenvalue weighted by Crippen LogP contribution is 2.22. The molecular formula is C15H18BrN3. The van der Waals surface area contributed by atoms with Crippen LogP contribution in [-0.4, -0.2) is 14.9 Å². The molecule has 3 nitrogen and oxygen atoms in total. The zero-order valence-electron chi connectivity index (χ0n) is 11.3. The Bertz CT molecular complexity index is 595. The van der Waals surface area contributed by atoms with Crippen LogP contribution in [0.25, 0.3) is 11.0 Å². The van der Waals surface area contributed by atoms with Gasteiger partial charge in [0.15, 0.2) is 0 Å². The molecule has 4 heteroatoms. The van der Waals surface area contributed by atoms with Gasteiger partial charge in [-0.1, -0.05) is 41.9 Å². The summed E-state index contributed by atoms with van der Waals surface area (Å²) >= 11 is 3.59. The van der Waals surface area contributed by atoms with Crippen LogP contribution in [0.3, 0.4) is 0 Å². The van der Waals surface area contributed by atoms with Crippen LogP contribution in [0, 0.1) is 23.2 Å². The van der Waals surface area contributed by atoms with E-state index < -0.39 is 0 Å². The number of hydrogen-bond donors (Lipinski definition) is 0. The Morgan fingerprint density at radius 2 is 2.11 bits per heavy atom. The first-order valence-electron chi connectivity index (χ1n) is 6.54. The van der Waals surface area contributed by atoms with Gasteiger partial charge in [-0.3, -0.25) is 0 Å². The van der Waals surface area contributed by atoms with E-state index in [9.17, 15) is 0 Å². The molecule has 0 saturated carbocycles. The second kappa shape index (κ2) is 6.21. The van der Waals surface area contributed by atoms with Crippen LogP contribution in [0.2, 0.25) is 0 Å². The Kier molecular flexibility index (Phi) is 4.60. The summed E-state index contributed by atoms with van der Waals surface area (Å²) < 4.78 is 2.20. The molecule has 0 N–H and O–H groups in total. The zero-order valence-corrected chi connectivity index (χ0v) is 12.9. The number of imidazole rings is 1. The monoisotopic (exact) mass is 319 g/mol. The largest absolute Gasteiger partial charge is 0.327 e. The number of halogens is 1. The highest BCUT2D eigenvalue weighted by molar-refractivity contribution is 9.09. The van der Waals surface area contributed by atoms with E-state index >= 15 is 0 Å². The third-order valence-corrected chi connectivity index (χ3v) is 4.36. The molecule has 1 unspecified atom stereocenters. The predicted octanol–water partition coefficient (Wildman–Crippen LogP) is 3.77. The van der Waals surface area contributed by atoms with Gasteiger partial charge in [-0.05, 0) is 24.0 Å². The maximum absolute atomic E-state index is 8.96. The van der Waals surface area contributed by atoms with E-state index in [1.807, 2.05) is 18.2 Å². The lowest BCUT2D eigenvalue weighted by Crippen LogP contribution is -2.19. The van der Waals surface area contributed by atoms with Crippen LogP contribution in [0.1, 0.15) is 19.7 Å². The normalized spacial score (nSPS) is 12.8. The summed E-state index contributed by atoms with van der Waals surface area (Å²) in [5.74, 6) is 2.00. The minimum atomic E-state index is 0.363. The van der Waals surface area contributed by atoms with Crippen LogP contribution in [0.5, 0.6) is 0 Å². The number of hydrogen-bond acceptors (Lipinski definition) is 2. The molecule has 100 valence electrons. The summed E-state index contributed by atoms with van der Waals surface area (Å²) in [5, 5.41) is 9.92. The molecule has 0 spiro atoms. The topological polar surface area (TPSA) is 41.6 Å². The van der Waals surface area contributed by atoms with Gasteiger partial charge in [0.25, 0.3) is 0 Å². The van der Waals surface area contributed by atoms with Gasteiger partial charge in [0.2, 0.25) is 0 Å². The lowest BCUT2D eigenvalue weighted by atomic mass is 9.98. The maximum atomic E-state index is 8.96. The van der Waals surface area contributed by atoms with E-state index in [4.69, 9.17) is 5.26 Å². The lowest BCUT2D eigenvalue weighted by Gasteiger charge is -2.20. The van der Waals surface area contributed by atoms with Crippen molar-refractivity contribution in [2.45, 2.75) is 26.8 Å². The number of alkyl halides is 1. The summed E-state index contributed by atoms with van der Waals surface area (Å²) in [5.41, 5.74) is 2.10. The Hall–Kier alpha value is -1.34. The summed E-state index contributed by atoms with van der Waals surface area (Å²) in [6, 6.07) is 10.3. The number of para-hydroxylation sites is 2. The molecule has 0 bridgehead atoms. The molecule has 0 fully saturated rings. The maximum Gasteiger partial charge on any atom is 0.124 e. The number of aromatic nitrogens is 2. The van der Waals surface area contributed by atoms with Crippen LogP contribution >= 0.6 is 15.9 Å². The molecule has 1 heterocycles. The molecule has 1 aromatic carbocycles. The number of nitriles is 1. The first-order valence-corrected chi connectivity index (χ1v) is 7.66. The first kappa shape index (κ1) is 14.1. The van der Waals surface area contributed by atoms with Gasteiger partial charge in [0.1, 0.15) is 5.82 Å². The van der Waals surface area contributed by atoms with E-state index in [1.54, 1.807) is 0 Å². The minimum absolute atomic E-state index is 0.363. The molecule has 0 aliphatic rings. The predicted molar refractivity (Wildman–Crippen MR) is 81.2 cm³/mol. The fourth-order valence-electron chi connectivity index (χ4n) is 2.21. The van der Waals surface area contributed by atoms with Crippen molar-refractivity contribution in [1.29, 1.82) is 5.26 Å². The second-order valence-corrected chi connectivity index (χ2v) is 5.77. The lowest BCUT2D eigenvalue weighted by molar-refractivity contribution is 0.374. The van der Waals surface area contributed by atoms with Crippen molar-refractivity contribution in [3.8, 4) is 6.07 Å². The summed E-state index contributed by atoms with van der Waals surface area (Å²) in [7, 11) is 0. The molecular weight excluding hydrogens is 302 g/mol. The summed E-state index contributed by atoms with van der Waals surface area (Å²) in [6.45, 7) is 5.37. The molecule has 1 atom stereocenters. The number of rotatable bonds is 5. The van der Waals surface area contributed by atoms with Crippen LogP contribution in [-0.2, 0) is 13.0 Å². The Morgan fingerprint density at radius 3 is 2.74 bits per heavy atom. The van der Waals surface area contributed by atoms with Gasteiger partial charge in [-0.25, -0.2) is 4.98 Å². The smallest absolute Gasteiger partial charge is 0.124 e. The fourth-order valence-corrected chi connectivity index (χ4v) is 3.16. The molecule has 0 aliphatic heterocycles. The van der Waals surface area contributed by atoms with Gasteiger partial charge in [-0.15, -0.1) is 0 Å². The van der Waals surface area contributed by atoms with Gasteiger partial charge in [-0.2, -0.15) is 5.26 Å². The molecule has 19 heavy (non-hydrogen) atoms. The molecule has 1 aromatic heterocycles. The van der Waals surface area contributed by atoms with Gasteiger partial charge in [0.05, 0.1) is 23.5 Å². The van der Waals surface area contributed by atoms with E-state index in [0.29, 0.717) is 18.3 Å². The molecule has 0 amide bonds. The zero-order chi connectivity index (χ0) is 13.8. The fraction of sp³-hybridized carbons (Fsp3) is 0.467. The van der Waals surface area contributed by atoms with Crippen LogP contribution in [0.15, 0.2) is 24.3 Å². The van der Waals surface area contributed by atoms with Crippen molar-refractivity contribution in [3.63, 3.8) is 0 Å². The van der Waals surface area contributed by atoms with Crippen molar-refractivity contribution in [2.24, 2.45) is 11.8 Å². The third-order valence-electron chi connectivity index (χ3n) is 3.53. The molecule has 0 radical (unpaired) electrons. The van der Waals surface area contributed by atoms with Gasteiger partial charge >= 0.3 is 0 Å². The molecule has 2 aromatic rings. The second-order valence-electron chi connectivity index (χ2n) is 5.12. The Balaban J connectivity index is 2.44. The highest BCUT2D eigenvalue weighted by Gasteiger charge is 2.17. The molecule has 0 saturated heterocycles. The number of fused-ring (bicyclic) bond motifs is 1. The van der Waals surface area contributed by atoms with Crippen LogP contribution < -0.4 is 0 Å². The van der Waals surface area contributed by atoms with Crippen LogP contribution in [0.4, 0.5) is 0 Å². The van der Waals surface area contributed by atoms with Crippen molar-refractivity contribution in [2.75, 3.05) is 5.33 Å². The van der Waals surface area contributed by atoms with Gasteiger partial charge in [0, 0.05) is 11.9 Å². The standard InChI is InChI=1S/C15H18BrN3/c1-11(2)12(9-16)10-19-14-6-4-3-5-13(14)18-15(19)7-8-17/h3-6,11-12H,7,9-10H2,1-2H3. The van der Waals surface area contributed by atoms with E-state index in [1.165, 1.54) is 0 Å². The van der Waals surface area contributed by atoms with E-state index in [-0.39, 0.29) is 0 Å². The average Bonchev–Trinajstić information content (AvgIpc) is 2.73. The van der Waals surface area contributed by atoms with Crippen molar-refractivity contribution in [3.05, 3.63) is 30.1 Å². The van der Waals surface area contributed by atoms with Crippen molar-refractivity contribution < 1.29 is 0 Å². The minimum Gasteiger partial charge on any atom is -0.327 e. The molecule has 2 rings (SSSR count).